The van der Waals surface area contributed by atoms with Gasteiger partial charge in [0.15, 0.2) is 6.29 Å². The first-order valence-electron chi connectivity index (χ1n) is 14.0. The molecule has 1 aromatic rings. The quantitative estimate of drug-likeness (QED) is 0.472. The summed E-state index contributed by atoms with van der Waals surface area (Å²) in [5, 5.41) is 12.1. The van der Waals surface area contributed by atoms with Gasteiger partial charge in [-0.1, -0.05) is 31.5 Å². The van der Waals surface area contributed by atoms with Crippen LogP contribution in [-0.4, -0.2) is 47.1 Å². The lowest BCUT2D eigenvalue weighted by atomic mass is 9.45. The average Bonchev–Trinajstić information content (AvgIpc) is 3.28. The van der Waals surface area contributed by atoms with Crippen molar-refractivity contribution in [1.82, 2.24) is 0 Å². The highest BCUT2D eigenvalue weighted by atomic mass is 35.5. The molecule has 2 bridgehead atoms. The summed E-state index contributed by atoms with van der Waals surface area (Å²) in [6.45, 7) is 11.2. The van der Waals surface area contributed by atoms with Crippen molar-refractivity contribution in [2.45, 2.75) is 116 Å². The van der Waals surface area contributed by atoms with Gasteiger partial charge in [-0.15, -0.1) is 0 Å². The molecule has 2 saturated heterocycles. The molecule has 37 heavy (non-hydrogen) atoms. The zero-order chi connectivity index (χ0) is 26.4. The number of esters is 1. The number of aliphatic hydroxyl groups excluding tert-OH is 1. The fourth-order valence-corrected chi connectivity index (χ4v) is 9.32. The van der Waals surface area contributed by atoms with Crippen LogP contribution >= 0.6 is 11.6 Å². The minimum Gasteiger partial charge on any atom is -0.429 e. The van der Waals surface area contributed by atoms with E-state index >= 15 is 0 Å². The van der Waals surface area contributed by atoms with Gasteiger partial charge in [0, 0.05) is 16.9 Å². The number of aliphatic hydroxyl groups is 1. The summed E-state index contributed by atoms with van der Waals surface area (Å²) >= 11 is 6.06. The second-order valence-corrected chi connectivity index (χ2v) is 14.1. The predicted octanol–water partition coefficient (Wildman–Crippen LogP) is 6.13. The van der Waals surface area contributed by atoms with E-state index in [0.717, 1.165) is 32.1 Å². The first-order chi connectivity index (χ1) is 17.4. The third-order valence-corrected chi connectivity index (χ3v) is 11.0. The molecule has 10 atom stereocenters. The van der Waals surface area contributed by atoms with E-state index in [9.17, 15) is 9.90 Å². The highest BCUT2D eigenvalue weighted by molar-refractivity contribution is 6.30. The van der Waals surface area contributed by atoms with Crippen molar-refractivity contribution in [2.75, 3.05) is 0 Å². The van der Waals surface area contributed by atoms with Crippen LogP contribution in [-0.2, 0) is 18.9 Å². The van der Waals surface area contributed by atoms with E-state index in [-0.39, 0.29) is 16.4 Å². The second-order valence-electron chi connectivity index (χ2n) is 13.7. The maximum atomic E-state index is 12.9. The first kappa shape index (κ1) is 26.1. The molecule has 0 radical (unpaired) electrons. The molecule has 2 aliphatic heterocycles. The van der Waals surface area contributed by atoms with E-state index < -0.39 is 30.3 Å². The fraction of sp³-hybridized carbons (Fsp3) is 0.767. The molecule has 204 valence electrons. The smallest absolute Gasteiger partial charge is 0.340 e. The lowest BCUT2D eigenvalue weighted by Crippen LogP contribution is -2.66. The van der Waals surface area contributed by atoms with E-state index in [4.69, 9.17) is 30.5 Å². The summed E-state index contributed by atoms with van der Waals surface area (Å²) in [5.41, 5.74) is -0.636. The number of hydrogen-bond acceptors (Lipinski definition) is 6. The van der Waals surface area contributed by atoms with E-state index in [2.05, 4.69) is 34.6 Å². The van der Waals surface area contributed by atoms with Crippen molar-refractivity contribution < 1.29 is 28.8 Å². The van der Waals surface area contributed by atoms with Gasteiger partial charge in [0.25, 0.3) is 0 Å². The van der Waals surface area contributed by atoms with Crippen LogP contribution in [0.15, 0.2) is 24.3 Å². The van der Waals surface area contributed by atoms with Gasteiger partial charge >= 0.3 is 5.97 Å². The van der Waals surface area contributed by atoms with Crippen LogP contribution in [0.1, 0.15) is 89.9 Å². The third-order valence-electron chi connectivity index (χ3n) is 10.7. The van der Waals surface area contributed by atoms with Crippen LogP contribution < -0.4 is 0 Å². The maximum Gasteiger partial charge on any atom is 0.340 e. The largest absolute Gasteiger partial charge is 0.429 e. The van der Waals surface area contributed by atoms with E-state index in [1.165, 1.54) is 6.42 Å². The Bertz CT molecular complexity index is 1070. The standard InChI is InChI=1S/C30H41ClO6/c1-27(2,3)36-22-10-9-20-19-11-14-30-24(32)26(35-25(33)17-7-6-8-18(31)15-17)34-23(37-30)16-29(30,5)21(19)12-13-28(20,22)4/h6-8,15,19-24,26,32H,9-14,16H2,1-5H3/t19-,20-,21-,22-,23+,24+,26+,28-,29+,30+/m0/s1. The fourth-order valence-electron chi connectivity index (χ4n) is 9.13. The SMILES string of the molecule is CC(C)(C)O[C@H]1CC[C@H]2[C@@H]3CC[C@]45O[C@H](C[C@]4(C)[C@H]3CC[C@]12C)O[C@H](OC(=O)c1cccc(Cl)c1)[C@H]5O. The van der Waals surface area contributed by atoms with Gasteiger partial charge in [0.1, 0.15) is 11.7 Å². The predicted molar refractivity (Wildman–Crippen MR) is 139 cm³/mol. The zero-order valence-corrected chi connectivity index (χ0v) is 23.4. The van der Waals surface area contributed by atoms with Crippen molar-refractivity contribution in [2.24, 2.45) is 28.6 Å². The molecule has 5 fully saturated rings. The van der Waals surface area contributed by atoms with Crippen LogP contribution in [0.4, 0.5) is 0 Å². The van der Waals surface area contributed by atoms with Gasteiger partial charge in [0.05, 0.1) is 17.3 Å². The number of fused-ring (bicyclic) bond motifs is 5. The molecule has 0 aromatic heterocycles. The van der Waals surface area contributed by atoms with E-state index in [1.807, 2.05) is 0 Å². The number of carbonyl (C=O) groups excluding carboxylic acids is 1. The highest BCUT2D eigenvalue weighted by Gasteiger charge is 2.73. The highest BCUT2D eigenvalue weighted by Crippen LogP contribution is 2.70. The molecule has 1 N–H and O–H groups in total. The van der Waals surface area contributed by atoms with Crippen LogP contribution in [0.2, 0.25) is 5.02 Å². The summed E-state index contributed by atoms with van der Waals surface area (Å²) in [7, 11) is 0. The van der Waals surface area contributed by atoms with Crippen LogP contribution in [0.3, 0.4) is 0 Å². The van der Waals surface area contributed by atoms with Crippen LogP contribution in [0.5, 0.6) is 0 Å². The second kappa shape index (κ2) is 8.66. The summed E-state index contributed by atoms with van der Waals surface area (Å²) in [5.74, 6) is 1.07. The Morgan fingerprint density at radius 2 is 1.89 bits per heavy atom. The third kappa shape index (κ3) is 3.92. The Morgan fingerprint density at radius 3 is 2.62 bits per heavy atom. The molecule has 3 saturated carbocycles. The summed E-state index contributed by atoms with van der Waals surface area (Å²) in [6, 6.07) is 6.63. The summed E-state index contributed by atoms with van der Waals surface area (Å²) in [4.78, 5) is 12.9. The van der Waals surface area contributed by atoms with Crippen molar-refractivity contribution in [3.05, 3.63) is 34.9 Å². The lowest BCUT2D eigenvalue weighted by molar-refractivity contribution is -0.355. The van der Waals surface area contributed by atoms with Gasteiger partial charge in [-0.2, -0.15) is 0 Å². The molecule has 0 unspecified atom stereocenters. The molecular formula is C30H41ClO6. The molecular weight excluding hydrogens is 492 g/mol. The minimum atomic E-state index is -1.06. The number of carbonyl (C=O) groups is 1. The molecule has 3 aliphatic carbocycles. The average molecular weight is 533 g/mol. The Balaban J connectivity index is 1.23. The Morgan fingerprint density at radius 1 is 1.11 bits per heavy atom. The van der Waals surface area contributed by atoms with Gasteiger partial charge in [-0.3, -0.25) is 0 Å². The van der Waals surface area contributed by atoms with E-state index in [0.29, 0.717) is 40.9 Å². The maximum absolute atomic E-state index is 12.9. The van der Waals surface area contributed by atoms with Gasteiger partial charge in [-0.05, 0) is 101 Å². The molecule has 1 aromatic carbocycles. The first-order valence-corrected chi connectivity index (χ1v) is 14.4. The van der Waals surface area contributed by atoms with Gasteiger partial charge < -0.3 is 24.1 Å². The van der Waals surface area contributed by atoms with Crippen LogP contribution in [0, 0.1) is 28.6 Å². The van der Waals surface area contributed by atoms with Gasteiger partial charge in [0.2, 0.25) is 6.29 Å². The van der Waals surface area contributed by atoms with E-state index in [1.54, 1.807) is 24.3 Å². The molecule has 5 aliphatic rings. The number of ether oxygens (including phenoxy) is 4. The number of rotatable bonds is 3. The van der Waals surface area contributed by atoms with Crippen molar-refractivity contribution in [1.29, 1.82) is 0 Å². The van der Waals surface area contributed by atoms with Gasteiger partial charge in [-0.25, -0.2) is 4.79 Å². The van der Waals surface area contributed by atoms with Crippen molar-refractivity contribution >= 4 is 17.6 Å². The number of benzene rings is 1. The Hall–Kier alpha value is -1.18. The number of hydrogen-bond donors (Lipinski definition) is 1. The van der Waals surface area contributed by atoms with Crippen LogP contribution in [0.25, 0.3) is 0 Å². The molecule has 2 heterocycles. The molecule has 7 heteroatoms. The summed E-state index contributed by atoms with van der Waals surface area (Å²) < 4.78 is 24.9. The normalized spacial score (nSPS) is 46.6. The Labute approximate surface area is 225 Å². The molecule has 6 rings (SSSR count). The number of halogens is 1. The zero-order valence-electron chi connectivity index (χ0n) is 22.7. The molecule has 0 amide bonds. The van der Waals surface area contributed by atoms with Crippen molar-refractivity contribution in [3.8, 4) is 0 Å². The Kier molecular flexibility index (Phi) is 6.10. The van der Waals surface area contributed by atoms with Crippen molar-refractivity contribution in [3.63, 3.8) is 0 Å². The summed E-state index contributed by atoms with van der Waals surface area (Å²) in [6.07, 6.45) is 4.69. The minimum absolute atomic E-state index is 0.142. The lowest BCUT2D eigenvalue weighted by Gasteiger charge is -2.61. The monoisotopic (exact) mass is 532 g/mol. The molecule has 1 spiro atoms. The topological polar surface area (TPSA) is 74.2 Å². The molecule has 6 nitrogen and oxygen atoms in total.